The number of hydrogen-bond acceptors (Lipinski definition) is 4. The van der Waals surface area contributed by atoms with Crippen LogP contribution in [0.25, 0.3) is 0 Å². The van der Waals surface area contributed by atoms with Gasteiger partial charge in [-0.05, 0) is 64.1 Å². The first-order valence-corrected chi connectivity index (χ1v) is 14.5. The van der Waals surface area contributed by atoms with Crippen molar-refractivity contribution in [2.45, 2.75) is 39.8 Å². The summed E-state index contributed by atoms with van der Waals surface area (Å²) < 4.78 is 25.2. The van der Waals surface area contributed by atoms with Gasteiger partial charge >= 0.3 is 7.82 Å². The molecule has 0 aromatic heterocycles. The molecule has 0 bridgehead atoms. The molecule has 3 rings (SSSR count). The van der Waals surface area contributed by atoms with Gasteiger partial charge < -0.3 is 4.89 Å². The summed E-state index contributed by atoms with van der Waals surface area (Å²) in [6, 6.07) is 29.6. The fourth-order valence-electron chi connectivity index (χ4n) is 4.06. The highest BCUT2D eigenvalue weighted by Gasteiger charge is 2.54. The van der Waals surface area contributed by atoms with Gasteiger partial charge in [0.15, 0.2) is 0 Å². The lowest BCUT2D eigenvalue weighted by Crippen LogP contribution is -2.39. The monoisotopic (exact) mass is 486 g/mol. The van der Waals surface area contributed by atoms with Crippen molar-refractivity contribution in [2.75, 3.05) is 13.2 Å². The van der Waals surface area contributed by atoms with Crippen LogP contribution < -0.4 is 15.9 Å². The molecule has 3 aromatic rings. The summed E-state index contributed by atoms with van der Waals surface area (Å²) in [5.74, 6) is 0. The largest absolute Gasteiger partial charge is 0.506 e. The molecule has 1 unspecified atom stereocenters. The molecule has 0 radical (unpaired) electrons. The van der Waals surface area contributed by atoms with Gasteiger partial charge in [-0.3, -0.25) is 9.42 Å². The highest BCUT2D eigenvalue weighted by Crippen LogP contribution is 2.67. The fourth-order valence-corrected chi connectivity index (χ4v) is 9.60. The Morgan fingerprint density at radius 1 is 0.758 bits per heavy atom. The van der Waals surface area contributed by atoms with E-state index in [0.29, 0.717) is 18.6 Å². The van der Waals surface area contributed by atoms with Gasteiger partial charge in [-0.1, -0.05) is 54.6 Å². The quantitative estimate of drug-likeness (QED) is 0.380. The predicted molar refractivity (Wildman–Crippen MR) is 139 cm³/mol. The SMILES string of the molecule is CC(C)N(CCOP(=O)(O)O[P+](c1ccccc1)(c1ccccc1)c1ccccc1)C(C)C. The molecule has 0 fully saturated rings. The van der Waals surface area contributed by atoms with E-state index >= 15 is 0 Å². The summed E-state index contributed by atoms with van der Waals surface area (Å²) in [4.78, 5) is 13.2. The molecule has 1 atom stereocenters. The van der Waals surface area contributed by atoms with E-state index in [1.807, 2.05) is 91.0 Å². The summed E-state index contributed by atoms with van der Waals surface area (Å²) in [5, 5.41) is 2.56. The van der Waals surface area contributed by atoms with Gasteiger partial charge in [0.1, 0.15) is 15.9 Å². The Hall–Kier alpha value is -1.84. The lowest BCUT2D eigenvalue weighted by Gasteiger charge is -2.31. The third kappa shape index (κ3) is 6.39. The van der Waals surface area contributed by atoms with Crippen LogP contribution in [0, 0.1) is 0 Å². The van der Waals surface area contributed by atoms with Crippen LogP contribution in [0.4, 0.5) is 0 Å². The maximum Gasteiger partial charge on any atom is 0.506 e. The maximum atomic E-state index is 13.4. The van der Waals surface area contributed by atoms with Gasteiger partial charge in [-0.2, -0.15) is 0 Å². The second kappa shape index (κ2) is 11.5. The van der Waals surface area contributed by atoms with Gasteiger partial charge in [-0.25, -0.2) is 4.57 Å². The van der Waals surface area contributed by atoms with Crippen LogP contribution in [0.3, 0.4) is 0 Å². The molecule has 1 N–H and O–H groups in total. The minimum absolute atomic E-state index is 0.0997. The third-order valence-corrected chi connectivity index (χ3v) is 10.9. The van der Waals surface area contributed by atoms with Crippen molar-refractivity contribution in [1.29, 1.82) is 0 Å². The van der Waals surface area contributed by atoms with Gasteiger partial charge in [-0.15, -0.1) is 4.31 Å². The van der Waals surface area contributed by atoms with Crippen LogP contribution >= 0.6 is 15.3 Å². The van der Waals surface area contributed by atoms with Gasteiger partial charge in [0.2, 0.25) is 0 Å². The summed E-state index contributed by atoms with van der Waals surface area (Å²) in [6.07, 6.45) is 0. The number of rotatable bonds is 11. The zero-order valence-corrected chi connectivity index (χ0v) is 21.5. The van der Waals surface area contributed by atoms with Crippen molar-refractivity contribution in [3.8, 4) is 0 Å². The number of benzene rings is 3. The zero-order valence-electron chi connectivity index (χ0n) is 19.7. The lowest BCUT2D eigenvalue weighted by atomic mass is 10.2. The van der Waals surface area contributed by atoms with E-state index in [-0.39, 0.29) is 6.61 Å². The van der Waals surface area contributed by atoms with Crippen molar-refractivity contribution in [3.05, 3.63) is 91.0 Å². The minimum Gasteiger partial charge on any atom is -0.300 e. The fraction of sp³-hybridized carbons (Fsp3) is 0.308. The number of nitrogens with zero attached hydrogens (tertiary/aromatic N) is 1. The second-order valence-electron chi connectivity index (χ2n) is 8.42. The van der Waals surface area contributed by atoms with E-state index < -0.39 is 15.3 Å². The van der Waals surface area contributed by atoms with Crippen LogP contribution in [0.1, 0.15) is 27.7 Å². The lowest BCUT2D eigenvalue weighted by molar-refractivity contribution is 0.125. The van der Waals surface area contributed by atoms with E-state index in [1.165, 1.54) is 0 Å². The van der Waals surface area contributed by atoms with Crippen molar-refractivity contribution < 1.29 is 18.3 Å². The average molecular weight is 487 g/mol. The van der Waals surface area contributed by atoms with E-state index in [0.717, 1.165) is 15.9 Å². The molecule has 0 aliphatic carbocycles. The third-order valence-electron chi connectivity index (χ3n) is 5.52. The van der Waals surface area contributed by atoms with Crippen molar-refractivity contribution >= 4 is 31.2 Å². The molecule has 5 nitrogen and oxygen atoms in total. The van der Waals surface area contributed by atoms with Crippen LogP contribution in [-0.4, -0.2) is 35.0 Å². The molecular formula is C26H34NO4P2+. The van der Waals surface area contributed by atoms with Crippen LogP contribution in [-0.2, 0) is 13.4 Å². The molecule has 33 heavy (non-hydrogen) atoms. The summed E-state index contributed by atoms with van der Waals surface area (Å²) >= 11 is 0. The summed E-state index contributed by atoms with van der Waals surface area (Å²) in [6.45, 7) is 9.05. The Morgan fingerprint density at radius 3 is 1.45 bits per heavy atom. The predicted octanol–water partition coefficient (Wildman–Crippen LogP) is 5.15. The molecule has 0 aliphatic rings. The topological polar surface area (TPSA) is 59.0 Å². The first-order valence-electron chi connectivity index (χ1n) is 11.3. The zero-order chi connectivity index (χ0) is 23.9. The molecular weight excluding hydrogens is 452 g/mol. The molecule has 7 heteroatoms. The molecule has 0 saturated carbocycles. The van der Waals surface area contributed by atoms with Gasteiger partial charge in [0.25, 0.3) is 7.49 Å². The molecule has 0 aliphatic heterocycles. The van der Waals surface area contributed by atoms with Crippen molar-refractivity contribution in [2.24, 2.45) is 0 Å². The molecule has 3 aromatic carbocycles. The first-order chi connectivity index (χ1) is 15.8. The number of phosphoric acid groups is 1. The van der Waals surface area contributed by atoms with Gasteiger partial charge in [0.05, 0.1) is 6.61 Å². The smallest absolute Gasteiger partial charge is 0.300 e. The van der Waals surface area contributed by atoms with Crippen molar-refractivity contribution in [1.82, 2.24) is 4.90 Å². The molecule has 0 amide bonds. The molecule has 0 heterocycles. The van der Waals surface area contributed by atoms with Gasteiger partial charge in [0, 0.05) is 18.6 Å². The maximum absolute atomic E-state index is 13.4. The number of phosphoric ester groups is 1. The Bertz CT molecular complexity index is 925. The highest BCUT2D eigenvalue weighted by molar-refractivity contribution is 7.94. The van der Waals surface area contributed by atoms with Crippen molar-refractivity contribution in [3.63, 3.8) is 0 Å². The van der Waals surface area contributed by atoms with E-state index in [1.54, 1.807) is 0 Å². The molecule has 176 valence electrons. The minimum atomic E-state index is -4.40. The Morgan fingerprint density at radius 2 is 1.12 bits per heavy atom. The first kappa shape index (κ1) is 25.8. The van der Waals surface area contributed by atoms with E-state index in [9.17, 15) is 9.46 Å². The van der Waals surface area contributed by atoms with E-state index in [2.05, 4.69) is 32.6 Å². The average Bonchev–Trinajstić information content (AvgIpc) is 2.81. The van der Waals surface area contributed by atoms with Crippen LogP contribution in [0.5, 0.6) is 0 Å². The standard InChI is InChI=1S/C26H33NO4P2/c1-22(2)27(23(3)4)20-21-30-33(28,29)31-32(24-14-8-5-9-15-24,25-16-10-6-11-17-25)26-18-12-7-13-19-26/h5-19,22-23H,20-21H2,1-4H3/p+1. The molecule has 0 saturated heterocycles. The summed E-state index contributed by atoms with van der Waals surface area (Å²) in [5.41, 5.74) is 0. The Balaban J connectivity index is 2.01. The summed E-state index contributed by atoms with van der Waals surface area (Å²) in [7, 11) is -7.33. The normalized spacial score (nSPS) is 14.1. The second-order valence-corrected chi connectivity index (χ2v) is 13.0. The highest BCUT2D eigenvalue weighted by atomic mass is 31.3. The van der Waals surface area contributed by atoms with Crippen LogP contribution in [0.15, 0.2) is 91.0 Å². The Kier molecular flexibility index (Phi) is 9.01. The number of hydrogen-bond donors (Lipinski definition) is 1. The van der Waals surface area contributed by atoms with Crippen LogP contribution in [0.2, 0.25) is 0 Å². The van der Waals surface area contributed by atoms with E-state index in [4.69, 9.17) is 8.83 Å². The Labute approximate surface area is 198 Å². The molecule has 0 spiro atoms.